The zero-order valence-corrected chi connectivity index (χ0v) is 10.1. The van der Waals surface area contributed by atoms with Crippen LogP contribution < -0.4 is 5.32 Å². The summed E-state index contributed by atoms with van der Waals surface area (Å²) in [6, 6.07) is 4.01. The van der Waals surface area contributed by atoms with Gasteiger partial charge in [0.1, 0.15) is 0 Å². The van der Waals surface area contributed by atoms with Gasteiger partial charge in [-0.25, -0.2) is 0 Å². The van der Waals surface area contributed by atoms with Crippen molar-refractivity contribution in [1.29, 1.82) is 0 Å². The summed E-state index contributed by atoms with van der Waals surface area (Å²) in [7, 11) is 0. The summed E-state index contributed by atoms with van der Waals surface area (Å²) in [5, 5.41) is 3.32. The van der Waals surface area contributed by atoms with Crippen molar-refractivity contribution in [2.45, 2.75) is 25.5 Å². The molecule has 1 saturated heterocycles. The van der Waals surface area contributed by atoms with E-state index in [1.165, 1.54) is 12.0 Å². The molecule has 4 nitrogen and oxygen atoms in total. The first-order valence-corrected chi connectivity index (χ1v) is 6.24. The van der Waals surface area contributed by atoms with E-state index >= 15 is 0 Å². The van der Waals surface area contributed by atoms with Gasteiger partial charge < -0.3 is 14.8 Å². The highest BCUT2D eigenvalue weighted by Crippen LogP contribution is 2.11. The van der Waals surface area contributed by atoms with E-state index in [9.17, 15) is 0 Å². The van der Waals surface area contributed by atoms with Crippen molar-refractivity contribution in [3.05, 3.63) is 30.1 Å². The van der Waals surface area contributed by atoms with Crippen LogP contribution in [0.1, 0.15) is 18.4 Å². The van der Waals surface area contributed by atoms with E-state index in [-0.39, 0.29) is 0 Å². The SMILES string of the molecule is c1cncc(CNCCOCC2CCCO2)c1. The second kappa shape index (κ2) is 7.37. The lowest BCUT2D eigenvalue weighted by molar-refractivity contribution is 0.0183. The fourth-order valence-electron chi connectivity index (χ4n) is 1.87. The molecule has 0 bridgehead atoms. The Morgan fingerprint density at radius 2 is 2.53 bits per heavy atom. The number of pyridine rings is 1. The monoisotopic (exact) mass is 236 g/mol. The summed E-state index contributed by atoms with van der Waals surface area (Å²) in [4.78, 5) is 4.06. The van der Waals surface area contributed by atoms with Gasteiger partial charge in [-0.1, -0.05) is 6.07 Å². The Bertz CT molecular complexity index is 300. The highest BCUT2D eigenvalue weighted by atomic mass is 16.5. The van der Waals surface area contributed by atoms with Crippen LogP contribution >= 0.6 is 0 Å². The molecular weight excluding hydrogens is 216 g/mol. The number of ether oxygens (including phenoxy) is 2. The zero-order valence-electron chi connectivity index (χ0n) is 10.1. The molecule has 2 heterocycles. The van der Waals surface area contributed by atoms with Crippen molar-refractivity contribution >= 4 is 0 Å². The number of hydrogen-bond acceptors (Lipinski definition) is 4. The van der Waals surface area contributed by atoms with Crippen LogP contribution in [0, 0.1) is 0 Å². The van der Waals surface area contributed by atoms with Gasteiger partial charge in [-0.15, -0.1) is 0 Å². The topological polar surface area (TPSA) is 43.4 Å². The molecule has 1 aliphatic heterocycles. The molecule has 1 unspecified atom stereocenters. The van der Waals surface area contributed by atoms with Crippen LogP contribution in [-0.2, 0) is 16.0 Å². The molecule has 0 aliphatic carbocycles. The first-order valence-electron chi connectivity index (χ1n) is 6.24. The van der Waals surface area contributed by atoms with Gasteiger partial charge >= 0.3 is 0 Å². The molecule has 2 rings (SSSR count). The summed E-state index contributed by atoms with van der Waals surface area (Å²) < 4.78 is 11.0. The standard InChI is InChI=1S/C13H20N2O2/c1-3-12(9-14-5-1)10-15-6-8-16-11-13-4-2-7-17-13/h1,3,5,9,13,15H,2,4,6-8,10-11H2. The summed E-state index contributed by atoms with van der Waals surface area (Å²) in [5.41, 5.74) is 1.20. The molecule has 0 radical (unpaired) electrons. The Labute approximate surface area is 102 Å². The van der Waals surface area contributed by atoms with Crippen LogP contribution in [0.5, 0.6) is 0 Å². The third-order valence-electron chi connectivity index (χ3n) is 2.80. The molecule has 1 fully saturated rings. The van der Waals surface area contributed by atoms with E-state index in [4.69, 9.17) is 9.47 Å². The van der Waals surface area contributed by atoms with Gasteiger partial charge in [0.25, 0.3) is 0 Å². The second-order valence-corrected chi connectivity index (χ2v) is 4.25. The fourth-order valence-corrected chi connectivity index (χ4v) is 1.87. The summed E-state index contributed by atoms with van der Waals surface area (Å²) in [6.45, 7) is 4.07. The lowest BCUT2D eigenvalue weighted by atomic mass is 10.2. The lowest BCUT2D eigenvalue weighted by Crippen LogP contribution is -2.22. The minimum absolute atomic E-state index is 0.327. The van der Waals surface area contributed by atoms with E-state index < -0.39 is 0 Å². The minimum Gasteiger partial charge on any atom is -0.377 e. The number of nitrogens with zero attached hydrogens (tertiary/aromatic N) is 1. The lowest BCUT2D eigenvalue weighted by Gasteiger charge is -2.10. The van der Waals surface area contributed by atoms with Crippen LogP contribution in [0.25, 0.3) is 0 Å². The Kier molecular flexibility index (Phi) is 5.42. The molecule has 0 amide bonds. The smallest absolute Gasteiger partial charge is 0.0809 e. The van der Waals surface area contributed by atoms with Gasteiger partial charge in [0, 0.05) is 32.1 Å². The Morgan fingerprint density at radius 3 is 3.29 bits per heavy atom. The molecule has 0 spiro atoms. The van der Waals surface area contributed by atoms with Crippen LogP contribution in [0.4, 0.5) is 0 Å². The first-order chi connectivity index (χ1) is 8.45. The van der Waals surface area contributed by atoms with Gasteiger partial charge in [0.15, 0.2) is 0 Å². The van der Waals surface area contributed by atoms with Gasteiger partial charge in [0.2, 0.25) is 0 Å². The van der Waals surface area contributed by atoms with Crippen molar-refractivity contribution in [3.63, 3.8) is 0 Å². The molecule has 94 valence electrons. The van der Waals surface area contributed by atoms with E-state index in [2.05, 4.69) is 16.4 Å². The number of aromatic nitrogens is 1. The van der Waals surface area contributed by atoms with Crippen molar-refractivity contribution in [3.8, 4) is 0 Å². The highest BCUT2D eigenvalue weighted by molar-refractivity contribution is 5.07. The molecule has 1 aliphatic rings. The number of hydrogen-bond donors (Lipinski definition) is 1. The molecule has 0 aromatic carbocycles. The number of nitrogens with one attached hydrogen (secondary N) is 1. The second-order valence-electron chi connectivity index (χ2n) is 4.25. The fraction of sp³-hybridized carbons (Fsp3) is 0.615. The van der Waals surface area contributed by atoms with Gasteiger partial charge in [-0.05, 0) is 24.5 Å². The maximum Gasteiger partial charge on any atom is 0.0809 e. The van der Waals surface area contributed by atoms with Gasteiger partial charge in [0.05, 0.1) is 19.3 Å². The quantitative estimate of drug-likeness (QED) is 0.726. The third kappa shape index (κ3) is 4.81. The Hall–Kier alpha value is -0.970. The molecular formula is C13H20N2O2. The average Bonchev–Trinajstić information content (AvgIpc) is 2.88. The predicted octanol–water partition coefficient (Wildman–Crippen LogP) is 1.37. The van der Waals surface area contributed by atoms with E-state index in [0.717, 1.165) is 39.3 Å². The molecule has 1 aromatic heterocycles. The molecule has 1 N–H and O–H groups in total. The molecule has 0 saturated carbocycles. The molecule has 1 atom stereocenters. The number of rotatable bonds is 7. The van der Waals surface area contributed by atoms with E-state index in [1.54, 1.807) is 6.20 Å². The van der Waals surface area contributed by atoms with E-state index in [1.807, 2.05) is 12.3 Å². The average molecular weight is 236 g/mol. The Morgan fingerprint density at radius 1 is 1.53 bits per heavy atom. The predicted molar refractivity (Wildman–Crippen MR) is 65.7 cm³/mol. The highest BCUT2D eigenvalue weighted by Gasteiger charge is 2.14. The summed E-state index contributed by atoms with van der Waals surface area (Å²) >= 11 is 0. The van der Waals surface area contributed by atoms with Crippen LogP contribution in [-0.4, -0.2) is 37.5 Å². The van der Waals surface area contributed by atoms with Crippen LogP contribution in [0.15, 0.2) is 24.5 Å². The molecule has 4 heteroatoms. The maximum absolute atomic E-state index is 5.55. The van der Waals surface area contributed by atoms with Crippen molar-refractivity contribution < 1.29 is 9.47 Å². The molecule has 17 heavy (non-hydrogen) atoms. The van der Waals surface area contributed by atoms with Crippen molar-refractivity contribution in [2.24, 2.45) is 0 Å². The minimum atomic E-state index is 0.327. The largest absolute Gasteiger partial charge is 0.377 e. The molecule has 1 aromatic rings. The van der Waals surface area contributed by atoms with Crippen LogP contribution in [0.2, 0.25) is 0 Å². The van der Waals surface area contributed by atoms with Gasteiger partial charge in [-0.3, -0.25) is 4.98 Å². The van der Waals surface area contributed by atoms with E-state index in [0.29, 0.717) is 6.10 Å². The van der Waals surface area contributed by atoms with Crippen LogP contribution in [0.3, 0.4) is 0 Å². The summed E-state index contributed by atoms with van der Waals surface area (Å²) in [6.07, 6.45) is 6.30. The normalized spacial score (nSPS) is 19.6. The third-order valence-corrected chi connectivity index (χ3v) is 2.80. The summed E-state index contributed by atoms with van der Waals surface area (Å²) in [5.74, 6) is 0. The van der Waals surface area contributed by atoms with Gasteiger partial charge in [-0.2, -0.15) is 0 Å². The van der Waals surface area contributed by atoms with Crippen molar-refractivity contribution in [1.82, 2.24) is 10.3 Å². The zero-order chi connectivity index (χ0) is 11.8. The van der Waals surface area contributed by atoms with Crippen molar-refractivity contribution in [2.75, 3.05) is 26.4 Å². The first kappa shape index (κ1) is 12.5. The Balaban J connectivity index is 1.46. The maximum atomic E-state index is 5.55.